The molecule has 3 rings (SSSR count). The summed E-state index contributed by atoms with van der Waals surface area (Å²) >= 11 is 5.77. The van der Waals surface area contributed by atoms with Crippen LogP contribution in [0.4, 0.5) is 5.82 Å². The van der Waals surface area contributed by atoms with Crippen molar-refractivity contribution in [3.8, 4) is 0 Å². The van der Waals surface area contributed by atoms with E-state index in [9.17, 15) is 0 Å². The first kappa shape index (κ1) is 12.2. The number of nitrogens with one attached hydrogen (secondary N) is 1. The van der Waals surface area contributed by atoms with Crippen LogP contribution in [-0.2, 0) is 0 Å². The lowest BCUT2D eigenvalue weighted by molar-refractivity contribution is 0.253. The molecule has 1 aromatic heterocycles. The SMILES string of the molecule is CC1(NC2CCC2)CCN(c2ccc(Cl)nn2)C1. The molecule has 1 N–H and O–H groups in total. The predicted octanol–water partition coefficient (Wildman–Crippen LogP) is 2.24. The molecule has 18 heavy (non-hydrogen) atoms. The maximum absolute atomic E-state index is 5.77. The van der Waals surface area contributed by atoms with Crippen LogP contribution in [0.5, 0.6) is 0 Å². The summed E-state index contributed by atoms with van der Waals surface area (Å²) < 4.78 is 0. The molecule has 1 saturated heterocycles. The highest BCUT2D eigenvalue weighted by atomic mass is 35.5. The van der Waals surface area contributed by atoms with Crippen LogP contribution < -0.4 is 10.2 Å². The quantitative estimate of drug-likeness (QED) is 0.911. The summed E-state index contributed by atoms with van der Waals surface area (Å²) in [6, 6.07) is 4.48. The molecule has 98 valence electrons. The van der Waals surface area contributed by atoms with E-state index in [1.807, 2.05) is 6.07 Å². The van der Waals surface area contributed by atoms with E-state index in [0.717, 1.165) is 31.4 Å². The lowest BCUT2D eigenvalue weighted by Gasteiger charge is -2.36. The average Bonchev–Trinajstić information content (AvgIpc) is 2.68. The summed E-state index contributed by atoms with van der Waals surface area (Å²) in [6.45, 7) is 4.35. The largest absolute Gasteiger partial charge is 0.353 e. The normalized spacial score (nSPS) is 28.4. The van der Waals surface area contributed by atoms with Gasteiger partial charge in [0.15, 0.2) is 11.0 Å². The number of nitrogens with zero attached hydrogens (tertiary/aromatic N) is 3. The Balaban J connectivity index is 1.64. The fourth-order valence-corrected chi connectivity index (χ4v) is 2.90. The Labute approximate surface area is 113 Å². The highest BCUT2D eigenvalue weighted by Crippen LogP contribution is 2.29. The van der Waals surface area contributed by atoms with Crippen LogP contribution in [0.15, 0.2) is 12.1 Å². The van der Waals surface area contributed by atoms with Crippen LogP contribution >= 0.6 is 11.6 Å². The van der Waals surface area contributed by atoms with Crippen molar-refractivity contribution >= 4 is 17.4 Å². The van der Waals surface area contributed by atoms with Crippen LogP contribution in [0, 0.1) is 0 Å². The van der Waals surface area contributed by atoms with E-state index in [0.29, 0.717) is 5.15 Å². The molecule has 2 fully saturated rings. The Kier molecular flexibility index (Phi) is 3.16. The minimum Gasteiger partial charge on any atom is -0.353 e. The summed E-state index contributed by atoms with van der Waals surface area (Å²) in [5.74, 6) is 0.929. The Bertz CT molecular complexity index is 418. The van der Waals surface area contributed by atoms with E-state index < -0.39 is 0 Å². The van der Waals surface area contributed by atoms with Gasteiger partial charge in [-0.1, -0.05) is 18.0 Å². The molecule has 1 aromatic rings. The molecule has 0 amide bonds. The Morgan fingerprint density at radius 1 is 1.39 bits per heavy atom. The van der Waals surface area contributed by atoms with Gasteiger partial charge in [0.1, 0.15) is 0 Å². The first-order chi connectivity index (χ1) is 8.65. The third-order valence-electron chi connectivity index (χ3n) is 4.07. The molecule has 4 nitrogen and oxygen atoms in total. The highest BCUT2D eigenvalue weighted by Gasteiger charge is 2.37. The van der Waals surface area contributed by atoms with Crippen molar-refractivity contribution in [3.05, 3.63) is 17.3 Å². The molecule has 2 heterocycles. The van der Waals surface area contributed by atoms with E-state index >= 15 is 0 Å². The first-order valence-electron chi connectivity index (χ1n) is 6.67. The number of halogens is 1. The Morgan fingerprint density at radius 2 is 2.22 bits per heavy atom. The first-order valence-corrected chi connectivity index (χ1v) is 7.04. The highest BCUT2D eigenvalue weighted by molar-refractivity contribution is 6.29. The number of rotatable bonds is 3. The third kappa shape index (κ3) is 2.45. The average molecular weight is 267 g/mol. The van der Waals surface area contributed by atoms with Crippen LogP contribution in [0.1, 0.15) is 32.6 Å². The molecule has 1 atom stereocenters. The second-order valence-corrected chi connectivity index (χ2v) is 6.11. The smallest absolute Gasteiger partial charge is 0.151 e. The lowest BCUT2D eigenvalue weighted by atomic mass is 9.89. The van der Waals surface area contributed by atoms with Crippen molar-refractivity contribution in [2.45, 2.75) is 44.2 Å². The molecule has 5 heteroatoms. The van der Waals surface area contributed by atoms with Crippen molar-refractivity contribution in [3.63, 3.8) is 0 Å². The van der Waals surface area contributed by atoms with Gasteiger partial charge in [-0.05, 0) is 38.3 Å². The maximum atomic E-state index is 5.77. The molecular formula is C13H19ClN4. The monoisotopic (exact) mass is 266 g/mol. The molecular weight excluding hydrogens is 248 g/mol. The zero-order valence-corrected chi connectivity index (χ0v) is 11.5. The standard InChI is InChI=1S/C13H19ClN4/c1-13(15-10-3-2-4-10)7-8-18(9-13)12-6-5-11(14)16-17-12/h5-6,10,15H,2-4,7-9H2,1H3. The zero-order chi connectivity index (χ0) is 12.6. The van der Waals surface area contributed by atoms with Gasteiger partial charge in [0.25, 0.3) is 0 Å². The van der Waals surface area contributed by atoms with Gasteiger partial charge >= 0.3 is 0 Å². The predicted molar refractivity (Wildman–Crippen MR) is 73.1 cm³/mol. The van der Waals surface area contributed by atoms with Crippen molar-refractivity contribution < 1.29 is 0 Å². The molecule has 1 aliphatic carbocycles. The summed E-state index contributed by atoms with van der Waals surface area (Å²) in [4.78, 5) is 2.29. The molecule has 0 aromatic carbocycles. The number of anilines is 1. The van der Waals surface area contributed by atoms with Gasteiger partial charge in [-0.2, -0.15) is 0 Å². The van der Waals surface area contributed by atoms with Crippen LogP contribution in [0.25, 0.3) is 0 Å². The second kappa shape index (κ2) is 4.67. The van der Waals surface area contributed by atoms with Gasteiger partial charge in [0.05, 0.1) is 0 Å². The topological polar surface area (TPSA) is 41.0 Å². The van der Waals surface area contributed by atoms with Gasteiger partial charge in [-0.3, -0.25) is 0 Å². The fourth-order valence-electron chi connectivity index (χ4n) is 2.80. The van der Waals surface area contributed by atoms with Crippen LogP contribution in [0.2, 0.25) is 5.15 Å². The van der Waals surface area contributed by atoms with Crippen LogP contribution in [-0.4, -0.2) is 34.9 Å². The van der Waals surface area contributed by atoms with Crippen molar-refractivity contribution in [2.24, 2.45) is 0 Å². The van der Waals surface area contributed by atoms with Gasteiger partial charge in [0, 0.05) is 24.7 Å². The Hall–Kier alpha value is -0.870. The van der Waals surface area contributed by atoms with Crippen LogP contribution in [0.3, 0.4) is 0 Å². The van der Waals surface area contributed by atoms with Crippen molar-refractivity contribution in [1.29, 1.82) is 0 Å². The number of hydrogen-bond donors (Lipinski definition) is 1. The van der Waals surface area contributed by atoms with Crippen molar-refractivity contribution in [1.82, 2.24) is 15.5 Å². The number of hydrogen-bond acceptors (Lipinski definition) is 4. The minimum absolute atomic E-state index is 0.215. The van der Waals surface area contributed by atoms with E-state index in [1.165, 1.54) is 19.3 Å². The summed E-state index contributed by atoms with van der Waals surface area (Å²) in [7, 11) is 0. The van der Waals surface area contributed by atoms with E-state index in [4.69, 9.17) is 11.6 Å². The molecule has 1 saturated carbocycles. The fraction of sp³-hybridized carbons (Fsp3) is 0.692. The summed E-state index contributed by atoms with van der Waals surface area (Å²) in [5, 5.41) is 12.3. The molecule has 0 spiro atoms. The summed E-state index contributed by atoms with van der Waals surface area (Å²) in [5.41, 5.74) is 0.215. The minimum atomic E-state index is 0.215. The molecule has 0 bridgehead atoms. The molecule has 0 radical (unpaired) electrons. The van der Waals surface area contributed by atoms with Gasteiger partial charge in [-0.25, -0.2) is 0 Å². The van der Waals surface area contributed by atoms with Gasteiger partial charge < -0.3 is 10.2 Å². The van der Waals surface area contributed by atoms with E-state index in [-0.39, 0.29) is 5.54 Å². The molecule has 1 aliphatic heterocycles. The maximum Gasteiger partial charge on any atom is 0.151 e. The van der Waals surface area contributed by atoms with Crippen molar-refractivity contribution in [2.75, 3.05) is 18.0 Å². The van der Waals surface area contributed by atoms with E-state index in [2.05, 4.69) is 27.3 Å². The second-order valence-electron chi connectivity index (χ2n) is 5.72. The lowest BCUT2D eigenvalue weighted by Crippen LogP contribution is -2.52. The summed E-state index contributed by atoms with van der Waals surface area (Å²) in [6.07, 6.45) is 5.20. The van der Waals surface area contributed by atoms with Gasteiger partial charge in [0.2, 0.25) is 0 Å². The van der Waals surface area contributed by atoms with Gasteiger partial charge in [-0.15, -0.1) is 10.2 Å². The zero-order valence-electron chi connectivity index (χ0n) is 10.7. The third-order valence-corrected chi connectivity index (χ3v) is 4.27. The Morgan fingerprint density at radius 3 is 2.83 bits per heavy atom. The van der Waals surface area contributed by atoms with E-state index in [1.54, 1.807) is 6.07 Å². The molecule has 1 unspecified atom stereocenters. The molecule has 2 aliphatic rings. The number of aromatic nitrogens is 2.